The molecule has 3 unspecified atom stereocenters. The fraction of sp³-hybridized carbons (Fsp3) is 0.259. The van der Waals surface area contributed by atoms with Crippen LogP contribution in [0.3, 0.4) is 0 Å². The number of nitrogens with zero attached hydrogens (tertiary/aromatic N) is 2. The van der Waals surface area contributed by atoms with Crippen LogP contribution in [0.2, 0.25) is 0 Å². The van der Waals surface area contributed by atoms with Crippen LogP contribution in [0, 0.1) is 5.82 Å². The normalized spacial score (nSPS) is 22.7. The average molecular weight is 492 g/mol. The molecule has 2 aromatic heterocycles. The van der Waals surface area contributed by atoms with Crippen LogP contribution in [-0.2, 0) is 6.54 Å². The molecule has 0 aliphatic carbocycles. The molecule has 35 heavy (non-hydrogen) atoms. The number of thiophene rings is 1. The average Bonchev–Trinajstić information content (AvgIpc) is 3.55. The van der Waals surface area contributed by atoms with E-state index in [2.05, 4.69) is 15.4 Å². The van der Waals surface area contributed by atoms with Gasteiger partial charge in [0.05, 0.1) is 24.2 Å². The Morgan fingerprint density at radius 1 is 1.20 bits per heavy atom. The van der Waals surface area contributed by atoms with Crippen LogP contribution in [0.25, 0.3) is 11.3 Å². The summed E-state index contributed by atoms with van der Waals surface area (Å²) in [4.78, 5) is 16.3. The lowest BCUT2D eigenvalue weighted by Crippen LogP contribution is -2.62. The molecule has 0 spiro atoms. The summed E-state index contributed by atoms with van der Waals surface area (Å²) in [6, 6.07) is 20.3. The van der Waals surface area contributed by atoms with Gasteiger partial charge >= 0.3 is 0 Å². The van der Waals surface area contributed by atoms with Gasteiger partial charge in [0.2, 0.25) is 0 Å². The van der Waals surface area contributed by atoms with E-state index in [1.165, 1.54) is 24.3 Å². The number of nitrogens with one attached hydrogen (secondary N) is 1. The highest BCUT2D eigenvalue weighted by atomic mass is 32.1. The number of carbonyl (C=O) groups excluding carboxylic acids is 1. The molecule has 2 aromatic carbocycles. The Balaban J connectivity index is 1.42. The van der Waals surface area contributed by atoms with Crippen molar-refractivity contribution in [2.24, 2.45) is 0 Å². The second-order valence-corrected chi connectivity index (χ2v) is 10.0. The van der Waals surface area contributed by atoms with Crippen molar-refractivity contribution < 1.29 is 18.8 Å². The first-order chi connectivity index (χ1) is 16.9. The summed E-state index contributed by atoms with van der Waals surface area (Å²) < 4.78 is 19.0. The van der Waals surface area contributed by atoms with Crippen LogP contribution >= 0.6 is 11.3 Å². The highest BCUT2D eigenvalue weighted by molar-refractivity contribution is 7.10. The zero-order valence-electron chi connectivity index (χ0n) is 19.2. The highest BCUT2D eigenvalue weighted by Crippen LogP contribution is 2.40. The molecule has 1 aliphatic rings. The zero-order chi connectivity index (χ0) is 24.4. The van der Waals surface area contributed by atoms with Crippen molar-refractivity contribution >= 4 is 17.2 Å². The Hall–Kier alpha value is -3.33. The third-order valence-corrected chi connectivity index (χ3v) is 7.44. The maximum atomic E-state index is 13.4. The van der Waals surface area contributed by atoms with Gasteiger partial charge in [-0.05, 0) is 49.1 Å². The van der Waals surface area contributed by atoms with Crippen molar-refractivity contribution in [3.8, 4) is 11.3 Å². The van der Waals surface area contributed by atoms with E-state index in [4.69, 9.17) is 4.52 Å². The topological polar surface area (TPSA) is 78.6 Å². The number of piperidine rings is 1. The van der Waals surface area contributed by atoms with E-state index in [0.29, 0.717) is 30.8 Å². The Bertz CT molecular complexity index is 1270. The third kappa shape index (κ3) is 5.05. The minimum Gasteiger partial charge on any atom is -0.388 e. The lowest BCUT2D eigenvalue weighted by atomic mass is 9.81. The van der Waals surface area contributed by atoms with E-state index >= 15 is 0 Å². The largest absolute Gasteiger partial charge is 0.388 e. The molecule has 6 nitrogen and oxygen atoms in total. The second-order valence-electron chi connectivity index (χ2n) is 9.04. The Morgan fingerprint density at radius 3 is 2.69 bits per heavy atom. The number of carbonyl (C=O) groups is 1. The smallest absolute Gasteiger partial charge is 0.251 e. The summed E-state index contributed by atoms with van der Waals surface area (Å²) in [7, 11) is 0. The lowest BCUT2D eigenvalue weighted by molar-refractivity contribution is -0.0672. The van der Waals surface area contributed by atoms with E-state index in [1.54, 1.807) is 18.3 Å². The summed E-state index contributed by atoms with van der Waals surface area (Å²) in [6.07, 6.45) is 0.461. The first-order valence-corrected chi connectivity index (χ1v) is 12.4. The number of benzene rings is 2. The molecule has 1 aliphatic heterocycles. The van der Waals surface area contributed by atoms with Gasteiger partial charge in [-0.15, -0.1) is 11.3 Å². The predicted octanol–water partition coefficient (Wildman–Crippen LogP) is 5.04. The second kappa shape index (κ2) is 9.73. The maximum Gasteiger partial charge on any atom is 0.251 e. The maximum absolute atomic E-state index is 13.4. The van der Waals surface area contributed by atoms with E-state index in [9.17, 15) is 14.3 Å². The van der Waals surface area contributed by atoms with Crippen LogP contribution in [-0.4, -0.2) is 39.3 Å². The molecular weight excluding hydrogens is 465 g/mol. The van der Waals surface area contributed by atoms with Crippen molar-refractivity contribution in [2.75, 3.05) is 6.54 Å². The molecule has 180 valence electrons. The van der Waals surface area contributed by atoms with Crippen molar-refractivity contribution in [2.45, 2.75) is 37.6 Å². The molecule has 5 rings (SSSR count). The molecule has 0 radical (unpaired) electrons. The van der Waals surface area contributed by atoms with Crippen LogP contribution in [0.15, 0.2) is 82.7 Å². The van der Waals surface area contributed by atoms with Crippen molar-refractivity contribution in [3.63, 3.8) is 0 Å². The quantitative estimate of drug-likeness (QED) is 0.395. The van der Waals surface area contributed by atoms with Crippen LogP contribution in [0.1, 0.15) is 40.4 Å². The molecule has 1 saturated heterocycles. The summed E-state index contributed by atoms with van der Waals surface area (Å²) in [5.41, 5.74) is 0.936. The fourth-order valence-electron chi connectivity index (χ4n) is 4.59. The molecule has 1 fully saturated rings. The van der Waals surface area contributed by atoms with Gasteiger partial charge in [0.15, 0.2) is 5.76 Å². The Kier molecular flexibility index (Phi) is 6.51. The molecule has 2 N–H and O–H groups in total. The lowest BCUT2D eigenvalue weighted by Gasteiger charge is -2.48. The number of halogens is 1. The molecule has 8 heteroatoms. The summed E-state index contributed by atoms with van der Waals surface area (Å²) >= 11 is 1.58. The molecular formula is C27H26FN3O3S. The summed E-state index contributed by atoms with van der Waals surface area (Å²) in [5, 5.41) is 20.6. The third-order valence-electron chi connectivity index (χ3n) is 6.50. The SMILES string of the molecule is CC1(O)CCN(Cc2cc(-c3ccccc3)no2)C(c2cccs2)C1NC(=O)c1ccc(F)cc1. The van der Waals surface area contributed by atoms with Gasteiger partial charge in [0.25, 0.3) is 5.91 Å². The van der Waals surface area contributed by atoms with Gasteiger partial charge in [-0.3, -0.25) is 9.69 Å². The number of amides is 1. The van der Waals surface area contributed by atoms with Crippen LogP contribution < -0.4 is 5.32 Å². The number of rotatable bonds is 6. The van der Waals surface area contributed by atoms with Gasteiger partial charge in [-0.1, -0.05) is 41.6 Å². The monoisotopic (exact) mass is 491 g/mol. The fourth-order valence-corrected chi connectivity index (χ4v) is 5.49. The molecule has 1 amide bonds. The number of aliphatic hydroxyl groups is 1. The standard InChI is InChI=1S/C27H26FN3O3S/c1-27(33)13-14-31(17-21-16-22(30-34-21)18-6-3-2-4-7-18)24(23-8-5-15-35-23)25(27)29-26(32)19-9-11-20(28)12-10-19/h2-12,15-16,24-25,33H,13-14,17H2,1H3,(H,29,32). The van der Waals surface area contributed by atoms with E-state index < -0.39 is 17.5 Å². The highest BCUT2D eigenvalue weighted by Gasteiger charge is 2.47. The van der Waals surface area contributed by atoms with E-state index in [-0.39, 0.29) is 11.9 Å². The van der Waals surface area contributed by atoms with Gasteiger partial charge in [-0.2, -0.15) is 0 Å². The number of likely N-dealkylation sites (tertiary alicyclic amines) is 1. The van der Waals surface area contributed by atoms with Gasteiger partial charge in [0, 0.05) is 28.6 Å². The Morgan fingerprint density at radius 2 is 1.97 bits per heavy atom. The first-order valence-electron chi connectivity index (χ1n) is 11.5. The van der Waals surface area contributed by atoms with Crippen molar-refractivity contribution in [1.29, 1.82) is 0 Å². The predicted molar refractivity (Wildman–Crippen MR) is 132 cm³/mol. The van der Waals surface area contributed by atoms with Crippen LogP contribution in [0.5, 0.6) is 0 Å². The molecule has 0 bridgehead atoms. The number of hydrogen-bond donors (Lipinski definition) is 2. The molecule has 4 aromatic rings. The Labute approximate surface area is 207 Å². The number of aromatic nitrogens is 1. The molecule has 3 heterocycles. The van der Waals surface area contributed by atoms with Crippen molar-refractivity contribution in [1.82, 2.24) is 15.4 Å². The van der Waals surface area contributed by atoms with Gasteiger partial charge < -0.3 is 14.9 Å². The summed E-state index contributed by atoms with van der Waals surface area (Å²) in [6.45, 7) is 2.84. The summed E-state index contributed by atoms with van der Waals surface area (Å²) in [5.74, 6) is -0.0592. The van der Waals surface area contributed by atoms with E-state index in [1.807, 2.05) is 53.9 Å². The van der Waals surface area contributed by atoms with Crippen molar-refractivity contribution in [3.05, 3.63) is 100 Å². The minimum atomic E-state index is -1.14. The number of hydrogen-bond acceptors (Lipinski definition) is 6. The zero-order valence-corrected chi connectivity index (χ0v) is 20.0. The van der Waals surface area contributed by atoms with Gasteiger partial charge in [-0.25, -0.2) is 4.39 Å². The first kappa shape index (κ1) is 23.4. The minimum absolute atomic E-state index is 0.284. The molecule has 0 saturated carbocycles. The van der Waals surface area contributed by atoms with E-state index in [0.717, 1.165) is 16.1 Å². The molecule has 3 atom stereocenters. The van der Waals surface area contributed by atoms with Crippen LogP contribution in [0.4, 0.5) is 4.39 Å². The van der Waals surface area contributed by atoms with Gasteiger partial charge in [0.1, 0.15) is 11.5 Å².